The predicted molar refractivity (Wildman–Crippen MR) is 92.0 cm³/mol. The second-order valence-electron chi connectivity index (χ2n) is 6.81. The quantitative estimate of drug-likeness (QED) is 0.820. The van der Waals surface area contributed by atoms with Crippen molar-refractivity contribution in [3.05, 3.63) is 39.8 Å². The fourth-order valence-corrected chi connectivity index (χ4v) is 3.14. The van der Waals surface area contributed by atoms with Crippen molar-refractivity contribution >= 4 is 11.3 Å². The fraction of sp³-hybridized carbons (Fsp3) is 0.588. The van der Waals surface area contributed by atoms with Crippen molar-refractivity contribution in [2.75, 3.05) is 6.61 Å². The molecule has 0 aromatic carbocycles. The molecule has 0 saturated heterocycles. The zero-order chi connectivity index (χ0) is 16.2. The van der Waals surface area contributed by atoms with Crippen LogP contribution in [0.3, 0.4) is 0 Å². The third kappa shape index (κ3) is 4.41. The van der Waals surface area contributed by atoms with Crippen LogP contribution in [0.4, 0.5) is 0 Å². The number of nitrogens with zero attached hydrogens (tertiary/aromatic N) is 2. The first-order valence-electron chi connectivity index (χ1n) is 7.84. The molecule has 2 aromatic rings. The monoisotopic (exact) mass is 321 g/mol. The Hall–Kier alpha value is -1.17. The first kappa shape index (κ1) is 17.2. The van der Waals surface area contributed by atoms with E-state index in [1.54, 1.807) is 11.3 Å². The number of aliphatic hydroxyl groups excluding tert-OH is 1. The minimum absolute atomic E-state index is 0.0497. The van der Waals surface area contributed by atoms with E-state index in [0.717, 1.165) is 30.9 Å². The van der Waals surface area contributed by atoms with Gasteiger partial charge in [-0.05, 0) is 34.9 Å². The number of H-pyrrole nitrogens is 1. The van der Waals surface area contributed by atoms with E-state index < -0.39 is 0 Å². The lowest BCUT2D eigenvalue weighted by Gasteiger charge is -2.29. The highest BCUT2D eigenvalue weighted by Gasteiger charge is 2.21. The van der Waals surface area contributed by atoms with Crippen molar-refractivity contribution in [1.29, 1.82) is 0 Å². The van der Waals surface area contributed by atoms with Gasteiger partial charge in [0.2, 0.25) is 0 Å². The Bertz CT molecular complexity index is 553. The van der Waals surface area contributed by atoms with Crippen LogP contribution in [0.5, 0.6) is 0 Å². The molecule has 0 radical (unpaired) electrons. The van der Waals surface area contributed by atoms with Gasteiger partial charge in [-0.1, -0.05) is 27.7 Å². The minimum Gasteiger partial charge on any atom is -0.395 e. The van der Waals surface area contributed by atoms with E-state index >= 15 is 0 Å². The largest absolute Gasteiger partial charge is 0.395 e. The highest BCUT2D eigenvalue weighted by Crippen LogP contribution is 2.22. The topological polar surface area (TPSA) is 52.1 Å². The third-order valence-corrected chi connectivity index (χ3v) is 4.67. The summed E-state index contributed by atoms with van der Waals surface area (Å²) < 4.78 is 0. The van der Waals surface area contributed by atoms with Crippen LogP contribution in [0.25, 0.3) is 0 Å². The molecule has 2 aromatic heterocycles. The smallest absolute Gasteiger partial charge is 0.0678 e. The van der Waals surface area contributed by atoms with Crippen LogP contribution in [-0.2, 0) is 18.5 Å². The minimum atomic E-state index is 0.0497. The van der Waals surface area contributed by atoms with Crippen molar-refractivity contribution in [3.8, 4) is 0 Å². The molecule has 0 aliphatic rings. The van der Waals surface area contributed by atoms with E-state index in [1.807, 2.05) is 0 Å². The van der Waals surface area contributed by atoms with Gasteiger partial charge in [-0.25, -0.2) is 0 Å². The molecular formula is C17H27N3OS. The maximum Gasteiger partial charge on any atom is 0.0678 e. The van der Waals surface area contributed by atoms with E-state index in [0.29, 0.717) is 0 Å². The summed E-state index contributed by atoms with van der Waals surface area (Å²) in [6.45, 7) is 10.4. The van der Waals surface area contributed by atoms with Gasteiger partial charge in [0.1, 0.15) is 0 Å². The molecule has 5 heteroatoms. The van der Waals surface area contributed by atoms with E-state index in [2.05, 4.69) is 65.7 Å². The molecule has 2 heterocycles. The van der Waals surface area contributed by atoms with Crippen LogP contribution in [0.1, 0.15) is 51.1 Å². The predicted octanol–water partition coefficient (Wildman–Crippen LogP) is 3.54. The fourth-order valence-electron chi connectivity index (χ4n) is 2.48. The maximum atomic E-state index is 9.67. The number of hydrogen-bond acceptors (Lipinski definition) is 4. The lowest BCUT2D eigenvalue weighted by Crippen LogP contribution is -2.36. The summed E-state index contributed by atoms with van der Waals surface area (Å²) in [6.07, 6.45) is 0.931. The van der Waals surface area contributed by atoms with Gasteiger partial charge in [0.15, 0.2) is 0 Å². The number of hydrogen-bond donors (Lipinski definition) is 2. The molecule has 1 atom stereocenters. The second-order valence-corrected chi connectivity index (χ2v) is 7.59. The van der Waals surface area contributed by atoms with Gasteiger partial charge in [0.25, 0.3) is 0 Å². The maximum absolute atomic E-state index is 9.67. The number of thiophene rings is 1. The molecule has 2 rings (SSSR count). The summed E-state index contributed by atoms with van der Waals surface area (Å²) in [7, 11) is 0. The molecule has 0 aliphatic heterocycles. The van der Waals surface area contributed by atoms with Crippen LogP contribution in [0, 0.1) is 0 Å². The molecular weight excluding hydrogens is 294 g/mol. The summed E-state index contributed by atoms with van der Waals surface area (Å²) >= 11 is 1.71. The van der Waals surface area contributed by atoms with Gasteiger partial charge in [-0.2, -0.15) is 16.4 Å². The van der Waals surface area contributed by atoms with E-state index in [9.17, 15) is 5.11 Å². The number of aromatic amines is 1. The Kier molecular flexibility index (Phi) is 5.78. The molecule has 0 fully saturated rings. The molecule has 22 heavy (non-hydrogen) atoms. The van der Waals surface area contributed by atoms with Crippen molar-refractivity contribution in [2.45, 2.75) is 58.7 Å². The van der Waals surface area contributed by atoms with E-state index in [4.69, 9.17) is 0 Å². The molecule has 0 unspecified atom stereocenters. The standard InChI is InChI=1S/C17H27N3OS/c1-5-15(11-21)20(9-13-6-7-22-12-13)10-14-8-16(19-18-14)17(2,3)4/h6-8,12,15,21H,5,9-11H2,1-4H3,(H,18,19)/t15-/m0/s1. The van der Waals surface area contributed by atoms with Crippen LogP contribution in [0.15, 0.2) is 22.9 Å². The lowest BCUT2D eigenvalue weighted by atomic mass is 9.92. The Morgan fingerprint density at radius 2 is 2.14 bits per heavy atom. The molecule has 0 spiro atoms. The number of nitrogens with one attached hydrogen (secondary N) is 1. The summed E-state index contributed by atoms with van der Waals surface area (Å²) in [6, 6.07) is 4.46. The molecule has 0 amide bonds. The first-order chi connectivity index (χ1) is 10.4. The highest BCUT2D eigenvalue weighted by atomic mass is 32.1. The van der Waals surface area contributed by atoms with Crippen molar-refractivity contribution in [3.63, 3.8) is 0 Å². The second kappa shape index (κ2) is 7.40. The molecule has 4 nitrogen and oxygen atoms in total. The Morgan fingerprint density at radius 1 is 1.36 bits per heavy atom. The molecule has 0 saturated carbocycles. The van der Waals surface area contributed by atoms with Crippen LogP contribution in [0.2, 0.25) is 0 Å². The molecule has 2 N–H and O–H groups in total. The normalized spacial score (nSPS) is 13.7. The number of rotatable bonds is 7. The highest BCUT2D eigenvalue weighted by molar-refractivity contribution is 7.07. The van der Waals surface area contributed by atoms with Crippen molar-refractivity contribution in [1.82, 2.24) is 15.1 Å². The average molecular weight is 321 g/mol. The number of aromatic nitrogens is 2. The van der Waals surface area contributed by atoms with Gasteiger partial charge in [0.05, 0.1) is 12.3 Å². The first-order valence-corrected chi connectivity index (χ1v) is 8.79. The van der Waals surface area contributed by atoms with Crippen molar-refractivity contribution < 1.29 is 5.11 Å². The van der Waals surface area contributed by atoms with E-state index in [-0.39, 0.29) is 18.1 Å². The number of aliphatic hydroxyl groups is 1. The molecule has 0 aliphatic carbocycles. The summed E-state index contributed by atoms with van der Waals surface area (Å²) in [5.41, 5.74) is 3.53. The van der Waals surface area contributed by atoms with Crippen LogP contribution >= 0.6 is 11.3 Å². The SMILES string of the molecule is CC[C@@H](CO)N(Cc1ccsc1)Cc1cc(C(C)(C)C)n[nH]1. The van der Waals surface area contributed by atoms with Crippen LogP contribution < -0.4 is 0 Å². The summed E-state index contributed by atoms with van der Waals surface area (Å²) in [4.78, 5) is 2.32. The zero-order valence-corrected chi connectivity index (χ0v) is 14.8. The Morgan fingerprint density at radius 3 is 2.64 bits per heavy atom. The summed E-state index contributed by atoms with van der Waals surface area (Å²) in [5.74, 6) is 0. The molecule has 122 valence electrons. The Balaban J connectivity index is 2.13. The van der Waals surface area contributed by atoms with Crippen molar-refractivity contribution in [2.24, 2.45) is 0 Å². The average Bonchev–Trinajstić information content (AvgIpc) is 3.10. The van der Waals surface area contributed by atoms with Gasteiger partial charge in [-0.15, -0.1) is 0 Å². The molecule has 0 bridgehead atoms. The van der Waals surface area contributed by atoms with Crippen LogP contribution in [-0.4, -0.2) is 32.9 Å². The Labute approximate surface area is 137 Å². The lowest BCUT2D eigenvalue weighted by molar-refractivity contribution is 0.105. The van der Waals surface area contributed by atoms with Gasteiger partial charge < -0.3 is 5.11 Å². The van der Waals surface area contributed by atoms with Gasteiger partial charge in [-0.3, -0.25) is 10.00 Å². The zero-order valence-electron chi connectivity index (χ0n) is 14.0. The van der Waals surface area contributed by atoms with Gasteiger partial charge in [0, 0.05) is 30.2 Å². The third-order valence-electron chi connectivity index (χ3n) is 3.94. The van der Waals surface area contributed by atoms with Gasteiger partial charge >= 0.3 is 0 Å². The summed E-state index contributed by atoms with van der Waals surface area (Å²) in [5, 5.41) is 21.5. The van der Waals surface area contributed by atoms with E-state index in [1.165, 1.54) is 5.56 Å².